The zero-order valence-electron chi connectivity index (χ0n) is 9.91. The molecule has 0 atom stereocenters. The predicted octanol–water partition coefficient (Wildman–Crippen LogP) is 1.78. The Balaban J connectivity index is 2.08. The van der Waals surface area contributed by atoms with Crippen molar-refractivity contribution in [3.05, 3.63) is 61.5 Å². The van der Waals surface area contributed by atoms with E-state index in [-0.39, 0.29) is 16.4 Å². The highest BCUT2D eigenvalue weighted by atomic mass is 35.5. The van der Waals surface area contributed by atoms with Crippen LogP contribution < -0.4 is 11.0 Å². The molecule has 2 rings (SSSR count). The van der Waals surface area contributed by atoms with Crippen molar-refractivity contribution in [3.63, 3.8) is 0 Å². The van der Waals surface area contributed by atoms with Crippen LogP contribution in [0.5, 0.6) is 0 Å². The van der Waals surface area contributed by atoms with E-state index >= 15 is 0 Å². The van der Waals surface area contributed by atoms with E-state index in [0.717, 1.165) is 0 Å². The zero-order valence-corrected chi connectivity index (χ0v) is 10.7. The van der Waals surface area contributed by atoms with Crippen molar-refractivity contribution < 1.29 is 4.92 Å². The summed E-state index contributed by atoms with van der Waals surface area (Å²) in [5.74, 6) is 0. The summed E-state index contributed by atoms with van der Waals surface area (Å²) in [6.45, 7) is 0. The fourth-order valence-corrected chi connectivity index (χ4v) is 1.45. The SMILES string of the molecule is O=c1[nH]ncc(N/N=C/c2ccc([N+](=O)[O-])cc2)c1Cl. The topological polar surface area (TPSA) is 113 Å². The van der Waals surface area contributed by atoms with Gasteiger partial charge in [-0.15, -0.1) is 0 Å². The first-order chi connectivity index (χ1) is 9.58. The number of non-ortho nitro benzene ring substituents is 1. The predicted molar refractivity (Wildman–Crippen MR) is 74.2 cm³/mol. The number of nitro benzene ring substituents is 1. The minimum atomic E-state index is -0.526. The molecule has 0 aliphatic heterocycles. The third-order valence-corrected chi connectivity index (χ3v) is 2.67. The van der Waals surface area contributed by atoms with Crippen molar-refractivity contribution in [2.45, 2.75) is 0 Å². The van der Waals surface area contributed by atoms with Crippen LogP contribution in [0.4, 0.5) is 11.4 Å². The van der Waals surface area contributed by atoms with Gasteiger partial charge < -0.3 is 0 Å². The van der Waals surface area contributed by atoms with Crippen LogP contribution in [0, 0.1) is 10.1 Å². The Kier molecular flexibility index (Phi) is 4.06. The maximum absolute atomic E-state index is 11.2. The Morgan fingerprint density at radius 3 is 2.75 bits per heavy atom. The first kappa shape index (κ1) is 13.7. The van der Waals surface area contributed by atoms with Gasteiger partial charge in [0.2, 0.25) is 0 Å². The summed E-state index contributed by atoms with van der Waals surface area (Å²) in [4.78, 5) is 21.2. The second kappa shape index (κ2) is 5.93. The highest BCUT2D eigenvalue weighted by molar-refractivity contribution is 6.32. The number of anilines is 1. The van der Waals surface area contributed by atoms with Crippen molar-refractivity contribution in [3.8, 4) is 0 Å². The molecule has 1 heterocycles. The van der Waals surface area contributed by atoms with E-state index < -0.39 is 10.5 Å². The van der Waals surface area contributed by atoms with E-state index in [1.54, 1.807) is 12.1 Å². The summed E-state index contributed by atoms with van der Waals surface area (Å²) in [6.07, 6.45) is 2.75. The number of benzene rings is 1. The number of rotatable bonds is 4. The fourth-order valence-electron chi connectivity index (χ4n) is 1.32. The van der Waals surface area contributed by atoms with Gasteiger partial charge in [0.15, 0.2) is 0 Å². The highest BCUT2D eigenvalue weighted by Gasteiger charge is 2.04. The summed E-state index contributed by atoms with van der Waals surface area (Å²) in [5.41, 5.74) is 2.94. The lowest BCUT2D eigenvalue weighted by Crippen LogP contribution is -2.10. The van der Waals surface area contributed by atoms with Gasteiger partial charge in [0.05, 0.1) is 17.3 Å². The normalized spacial score (nSPS) is 10.7. The summed E-state index contributed by atoms with van der Waals surface area (Å²) < 4.78 is 0. The van der Waals surface area contributed by atoms with Gasteiger partial charge in [0.1, 0.15) is 10.7 Å². The van der Waals surface area contributed by atoms with E-state index in [1.807, 2.05) is 0 Å². The van der Waals surface area contributed by atoms with Crippen molar-refractivity contribution in [2.75, 3.05) is 5.43 Å². The molecule has 0 bridgehead atoms. The molecule has 2 aromatic rings. The molecule has 0 fully saturated rings. The average Bonchev–Trinajstić information content (AvgIpc) is 2.44. The monoisotopic (exact) mass is 293 g/mol. The van der Waals surface area contributed by atoms with Crippen molar-refractivity contribution in [1.82, 2.24) is 10.2 Å². The second-order valence-electron chi connectivity index (χ2n) is 3.65. The molecule has 9 heteroatoms. The van der Waals surface area contributed by atoms with Gasteiger partial charge in [-0.3, -0.25) is 20.3 Å². The Bertz CT molecular complexity index is 711. The van der Waals surface area contributed by atoms with Crippen LogP contribution in [0.1, 0.15) is 5.56 Å². The summed E-state index contributed by atoms with van der Waals surface area (Å²) in [7, 11) is 0. The lowest BCUT2D eigenvalue weighted by molar-refractivity contribution is -0.384. The number of aromatic amines is 1. The largest absolute Gasteiger partial charge is 0.285 e. The molecule has 0 unspecified atom stereocenters. The van der Waals surface area contributed by atoms with Gasteiger partial charge in [-0.05, 0) is 17.7 Å². The van der Waals surface area contributed by atoms with Crippen molar-refractivity contribution in [1.29, 1.82) is 0 Å². The minimum Gasteiger partial charge on any atom is -0.275 e. The average molecular weight is 294 g/mol. The molecule has 2 N–H and O–H groups in total. The summed E-state index contributed by atoms with van der Waals surface area (Å²) in [6, 6.07) is 5.81. The molecule has 0 spiro atoms. The van der Waals surface area contributed by atoms with E-state index in [4.69, 9.17) is 11.6 Å². The standard InChI is InChI=1S/C11H8ClN5O3/c12-10-9(6-14-16-11(10)18)15-13-5-7-1-3-8(4-2-7)17(19)20/h1-6H,(H2,15,16,18)/b13-5+. The number of halogens is 1. The number of nitro groups is 1. The molecule has 1 aromatic heterocycles. The van der Waals surface area contributed by atoms with E-state index in [2.05, 4.69) is 20.7 Å². The van der Waals surface area contributed by atoms with E-state index in [1.165, 1.54) is 24.5 Å². The molecule has 0 amide bonds. The molecule has 20 heavy (non-hydrogen) atoms. The van der Waals surface area contributed by atoms with Crippen LogP contribution in [-0.4, -0.2) is 21.3 Å². The van der Waals surface area contributed by atoms with Crippen molar-refractivity contribution >= 4 is 29.2 Å². The number of hydrazone groups is 1. The molecular weight excluding hydrogens is 286 g/mol. The Morgan fingerprint density at radius 1 is 1.40 bits per heavy atom. The summed E-state index contributed by atoms with van der Waals surface area (Å²) in [5, 5.41) is 20.0. The molecule has 1 aromatic carbocycles. The Hall–Kier alpha value is -2.74. The van der Waals surface area contributed by atoms with Crippen LogP contribution in [0.2, 0.25) is 5.02 Å². The lowest BCUT2D eigenvalue weighted by Gasteiger charge is -2.00. The first-order valence-corrected chi connectivity index (χ1v) is 5.72. The fraction of sp³-hybridized carbons (Fsp3) is 0. The smallest absolute Gasteiger partial charge is 0.275 e. The van der Waals surface area contributed by atoms with Gasteiger partial charge >= 0.3 is 0 Å². The Labute approximate surface area is 117 Å². The number of hydrogen-bond acceptors (Lipinski definition) is 6. The number of aromatic nitrogens is 2. The number of nitrogens with zero attached hydrogens (tertiary/aromatic N) is 3. The van der Waals surface area contributed by atoms with Gasteiger partial charge in [0, 0.05) is 12.1 Å². The van der Waals surface area contributed by atoms with Gasteiger partial charge in [-0.25, -0.2) is 5.10 Å². The number of hydrogen-bond donors (Lipinski definition) is 2. The van der Waals surface area contributed by atoms with E-state index in [0.29, 0.717) is 5.56 Å². The minimum absolute atomic E-state index is 0.00283. The molecule has 0 saturated carbocycles. The quantitative estimate of drug-likeness (QED) is 0.507. The highest BCUT2D eigenvalue weighted by Crippen LogP contribution is 2.14. The van der Waals surface area contributed by atoms with Crippen LogP contribution in [0.25, 0.3) is 0 Å². The molecule has 0 aliphatic carbocycles. The number of H-pyrrole nitrogens is 1. The molecule has 0 aliphatic rings. The van der Waals surface area contributed by atoms with Gasteiger partial charge in [-0.2, -0.15) is 10.2 Å². The third-order valence-electron chi connectivity index (χ3n) is 2.30. The molecule has 0 saturated heterocycles. The number of nitrogens with one attached hydrogen (secondary N) is 2. The Morgan fingerprint density at radius 2 is 2.10 bits per heavy atom. The van der Waals surface area contributed by atoms with Crippen LogP contribution >= 0.6 is 11.6 Å². The molecular formula is C11H8ClN5O3. The zero-order chi connectivity index (χ0) is 14.5. The van der Waals surface area contributed by atoms with Crippen LogP contribution in [-0.2, 0) is 0 Å². The third kappa shape index (κ3) is 3.18. The molecule has 0 radical (unpaired) electrons. The molecule has 8 nitrogen and oxygen atoms in total. The first-order valence-electron chi connectivity index (χ1n) is 5.34. The van der Waals surface area contributed by atoms with Crippen LogP contribution in [0.15, 0.2) is 40.4 Å². The van der Waals surface area contributed by atoms with Gasteiger partial charge in [0.25, 0.3) is 11.2 Å². The van der Waals surface area contributed by atoms with Gasteiger partial charge in [-0.1, -0.05) is 11.6 Å². The van der Waals surface area contributed by atoms with E-state index in [9.17, 15) is 14.9 Å². The lowest BCUT2D eigenvalue weighted by atomic mass is 10.2. The van der Waals surface area contributed by atoms with Crippen molar-refractivity contribution in [2.24, 2.45) is 5.10 Å². The summed E-state index contributed by atoms with van der Waals surface area (Å²) >= 11 is 5.74. The second-order valence-corrected chi connectivity index (χ2v) is 4.02. The van der Waals surface area contributed by atoms with Crippen LogP contribution in [0.3, 0.4) is 0 Å². The maximum Gasteiger partial charge on any atom is 0.285 e. The molecule has 102 valence electrons. The maximum atomic E-state index is 11.2.